The van der Waals surface area contributed by atoms with Crippen molar-refractivity contribution in [3.05, 3.63) is 108 Å². The predicted octanol–water partition coefficient (Wildman–Crippen LogP) is 3.90. The molecule has 53 heavy (non-hydrogen) atoms. The summed E-state index contributed by atoms with van der Waals surface area (Å²) < 4.78 is 10.5. The molecule has 0 aliphatic carbocycles. The maximum atomic E-state index is 13.9. The molecule has 3 aliphatic heterocycles. The van der Waals surface area contributed by atoms with Crippen molar-refractivity contribution >= 4 is 17.9 Å². The van der Waals surface area contributed by atoms with Crippen molar-refractivity contribution < 1.29 is 33.7 Å². The molecule has 0 spiro atoms. The Labute approximate surface area is 307 Å². The van der Waals surface area contributed by atoms with Crippen LogP contribution in [0.2, 0.25) is 0 Å². The Balaban J connectivity index is 0.929. The highest BCUT2D eigenvalue weighted by molar-refractivity contribution is 5.81. The Kier molecular flexibility index (Phi) is 9.98. The summed E-state index contributed by atoms with van der Waals surface area (Å²) in [5.74, 6) is 1.67. The fraction of sp³-hybridized carbons (Fsp3) is 0.341. The number of hydrogen-bond acceptors (Lipinski definition) is 7. The number of methoxy groups -OCH3 is 1. The summed E-state index contributed by atoms with van der Waals surface area (Å²) in [6.07, 6.45) is 8.13. The minimum atomic E-state index is -0.829. The van der Waals surface area contributed by atoms with Gasteiger partial charge < -0.3 is 24.8 Å². The number of quaternary nitrogens is 2. The monoisotopic (exact) mass is 715 g/mol. The molecule has 8 rings (SSSR count). The van der Waals surface area contributed by atoms with Crippen LogP contribution >= 0.6 is 0 Å². The molecular weight excluding hydrogens is 670 g/mol. The van der Waals surface area contributed by atoms with E-state index in [2.05, 4.69) is 63.8 Å². The molecule has 0 bridgehead atoms. The molecule has 5 unspecified atom stereocenters. The molecule has 2 aromatic heterocycles. The maximum Gasteiger partial charge on any atom is 0.407 e. The van der Waals surface area contributed by atoms with Gasteiger partial charge in [-0.1, -0.05) is 78.9 Å². The molecule has 0 radical (unpaired) electrons. The zero-order valence-corrected chi connectivity index (χ0v) is 29.8. The van der Waals surface area contributed by atoms with Gasteiger partial charge in [0.1, 0.15) is 0 Å². The largest absolute Gasteiger partial charge is 0.453 e. The summed E-state index contributed by atoms with van der Waals surface area (Å²) in [4.78, 5) is 57.4. The van der Waals surface area contributed by atoms with Gasteiger partial charge in [0, 0.05) is 32.3 Å². The number of carbonyl (C=O) groups excluding carboxylic acids is 3. The number of aromatic nitrogens is 4. The van der Waals surface area contributed by atoms with Crippen molar-refractivity contribution in [2.75, 3.05) is 26.8 Å². The van der Waals surface area contributed by atoms with Gasteiger partial charge >= 0.3 is 17.9 Å². The molecule has 3 aromatic carbocycles. The average Bonchev–Trinajstić information content (AvgIpc) is 4.06. The van der Waals surface area contributed by atoms with Crippen LogP contribution in [0.25, 0.3) is 33.6 Å². The highest BCUT2D eigenvalue weighted by Crippen LogP contribution is 2.29. The first kappa shape index (κ1) is 34.6. The molecule has 5 heterocycles. The second-order valence-electron chi connectivity index (χ2n) is 14.2. The van der Waals surface area contributed by atoms with Crippen LogP contribution < -0.4 is 15.1 Å². The van der Waals surface area contributed by atoms with Crippen LogP contribution in [0.3, 0.4) is 0 Å². The fourth-order valence-corrected chi connectivity index (χ4v) is 8.19. The number of H-pyrrole nitrogens is 2. The Bertz CT molecular complexity index is 2050. The van der Waals surface area contributed by atoms with E-state index in [1.54, 1.807) is 0 Å². The summed E-state index contributed by atoms with van der Waals surface area (Å²) in [6, 6.07) is 25.1. The van der Waals surface area contributed by atoms with E-state index in [0.717, 1.165) is 100 Å². The first-order valence-electron chi connectivity index (χ1n) is 18.6. The van der Waals surface area contributed by atoms with Gasteiger partial charge in [-0.3, -0.25) is 9.80 Å². The Morgan fingerprint density at radius 1 is 0.736 bits per heavy atom. The van der Waals surface area contributed by atoms with Gasteiger partial charge in [-0.25, -0.2) is 24.4 Å². The Morgan fingerprint density at radius 2 is 1.28 bits per heavy atom. The highest BCUT2D eigenvalue weighted by atomic mass is 16.5. The maximum absolute atomic E-state index is 13.9. The third-order valence-corrected chi connectivity index (χ3v) is 11.0. The van der Waals surface area contributed by atoms with Crippen molar-refractivity contribution in [2.24, 2.45) is 0 Å². The van der Waals surface area contributed by atoms with Crippen molar-refractivity contribution in [1.82, 2.24) is 25.3 Å². The number of rotatable bonds is 9. The van der Waals surface area contributed by atoms with Gasteiger partial charge in [0.25, 0.3) is 0 Å². The van der Waals surface area contributed by atoms with Crippen LogP contribution in [0.5, 0.6) is 0 Å². The lowest BCUT2D eigenvalue weighted by Crippen LogP contribution is -3.14. The van der Waals surface area contributed by atoms with Crippen LogP contribution in [0.15, 0.2) is 91.3 Å². The SMILES string of the molecule is COC(=O)N[C@@H](C(=O)[NH+]1CCCC1c1ncc(-c2ccc(-c3ccc(-c4cnc(C5CCC[NH+]5C(=O)C5CCCO5)[nH]4)cc3)cc2)[nH]1)c1ccccc1. The van der Waals surface area contributed by atoms with Gasteiger partial charge in [-0.05, 0) is 40.7 Å². The molecule has 3 fully saturated rings. The van der Waals surface area contributed by atoms with Gasteiger partial charge in [-0.2, -0.15) is 0 Å². The summed E-state index contributed by atoms with van der Waals surface area (Å²) in [5, 5.41) is 2.74. The number of ether oxygens (including phenoxy) is 2. The molecule has 5 N–H and O–H groups in total. The summed E-state index contributed by atoms with van der Waals surface area (Å²) in [6.45, 7) is 2.15. The summed E-state index contributed by atoms with van der Waals surface area (Å²) in [5.41, 5.74) is 6.74. The topological polar surface area (TPSA) is 148 Å². The Hall–Kier alpha value is -5.43. The molecule has 12 heteroatoms. The van der Waals surface area contributed by atoms with Crippen molar-refractivity contribution in [1.29, 1.82) is 0 Å². The van der Waals surface area contributed by atoms with Crippen molar-refractivity contribution in [2.45, 2.75) is 62.8 Å². The molecule has 3 aliphatic rings. The molecule has 5 aromatic rings. The highest BCUT2D eigenvalue weighted by Gasteiger charge is 2.43. The van der Waals surface area contributed by atoms with Gasteiger partial charge in [0.15, 0.2) is 35.9 Å². The number of amides is 3. The minimum absolute atomic E-state index is 0.0346. The number of hydrogen-bond donors (Lipinski definition) is 5. The number of nitrogens with one attached hydrogen (secondary N) is 5. The number of benzene rings is 3. The fourth-order valence-electron chi connectivity index (χ4n) is 8.19. The lowest BCUT2D eigenvalue weighted by molar-refractivity contribution is -0.842. The zero-order chi connectivity index (χ0) is 36.3. The number of likely N-dealkylation sites (tertiary alicyclic amines) is 2. The van der Waals surface area contributed by atoms with Crippen LogP contribution in [0.4, 0.5) is 4.79 Å². The zero-order valence-electron chi connectivity index (χ0n) is 29.8. The lowest BCUT2D eigenvalue weighted by atomic mass is 10.0. The normalized spacial score (nSPS) is 23.2. The van der Waals surface area contributed by atoms with Crippen LogP contribution in [0, 0.1) is 0 Å². The van der Waals surface area contributed by atoms with E-state index in [0.29, 0.717) is 18.7 Å². The smallest absolute Gasteiger partial charge is 0.407 e. The molecule has 272 valence electrons. The number of nitrogens with zero attached hydrogens (tertiary/aromatic N) is 2. The third kappa shape index (κ3) is 7.17. The number of imidazole rings is 2. The first-order chi connectivity index (χ1) is 26.0. The molecule has 0 saturated carbocycles. The number of alkyl carbamates (subject to hydrolysis) is 1. The minimum Gasteiger partial charge on any atom is -0.453 e. The van der Waals surface area contributed by atoms with E-state index < -0.39 is 12.1 Å². The van der Waals surface area contributed by atoms with Crippen LogP contribution in [-0.4, -0.2) is 70.8 Å². The van der Waals surface area contributed by atoms with Crippen LogP contribution in [-0.2, 0) is 19.1 Å². The second-order valence-corrected chi connectivity index (χ2v) is 14.2. The standard InChI is InChI=1S/C41H43N7O5/c1-52-41(51)46-36(30-8-3-2-4-9-30)40(50)48-22-6-11-34(48)38-43-25-32(45-38)29-19-15-27(16-20-29)26-13-17-28(18-14-26)31-24-42-37(44-31)33-10-5-21-47(33)39(49)35-12-7-23-53-35/h2-4,8-9,13-20,24-25,33-36H,5-7,10-12,21-23H2,1H3,(H,42,44)(H,43,45)(H,46,51)/p+2/t33?,34?,35?,36-/m1/s1. The molecule has 3 amide bonds. The summed E-state index contributed by atoms with van der Waals surface area (Å²) >= 11 is 0. The molecule has 12 nitrogen and oxygen atoms in total. The second kappa shape index (κ2) is 15.3. The Morgan fingerprint density at radius 3 is 1.83 bits per heavy atom. The van der Waals surface area contributed by atoms with Gasteiger partial charge in [0.05, 0.1) is 44.0 Å². The van der Waals surface area contributed by atoms with Crippen molar-refractivity contribution in [3.63, 3.8) is 0 Å². The predicted molar refractivity (Wildman–Crippen MR) is 196 cm³/mol. The molecule has 3 saturated heterocycles. The van der Waals surface area contributed by atoms with Gasteiger partial charge in [0.2, 0.25) is 0 Å². The van der Waals surface area contributed by atoms with Crippen molar-refractivity contribution in [3.8, 4) is 33.6 Å². The summed E-state index contributed by atoms with van der Waals surface area (Å²) in [7, 11) is 1.29. The number of carbonyl (C=O) groups is 3. The van der Waals surface area contributed by atoms with E-state index in [-0.39, 0.29) is 30.0 Å². The number of aromatic amines is 2. The van der Waals surface area contributed by atoms with E-state index in [9.17, 15) is 14.4 Å². The van der Waals surface area contributed by atoms with Gasteiger partial charge in [-0.15, -0.1) is 0 Å². The average molecular weight is 716 g/mol. The third-order valence-electron chi connectivity index (χ3n) is 11.0. The van der Waals surface area contributed by atoms with E-state index in [1.165, 1.54) is 7.11 Å². The van der Waals surface area contributed by atoms with E-state index >= 15 is 0 Å². The van der Waals surface area contributed by atoms with Crippen LogP contribution in [0.1, 0.15) is 73.9 Å². The lowest BCUT2D eigenvalue weighted by Gasteiger charge is -2.23. The van der Waals surface area contributed by atoms with E-state index in [1.807, 2.05) is 42.7 Å². The molecule has 6 atom stereocenters. The molecular formula is C41H45N7O5+2. The first-order valence-corrected chi connectivity index (χ1v) is 18.6. The quantitative estimate of drug-likeness (QED) is 0.156. The van der Waals surface area contributed by atoms with E-state index in [4.69, 9.17) is 19.4 Å².